The SMILES string of the molecule is C#C[C@H]1O[C@@H](n2cnc3c(NC4CCC(OCC=C)CC4)ncnc32)[C@H](O)[C@@H]1O. The second kappa shape index (κ2) is 8.47. The van der Waals surface area contributed by atoms with Crippen molar-refractivity contribution in [1.82, 2.24) is 19.5 Å². The van der Waals surface area contributed by atoms with E-state index in [0.717, 1.165) is 25.7 Å². The van der Waals surface area contributed by atoms with Gasteiger partial charge in [-0.2, -0.15) is 0 Å². The third-order valence-corrected chi connectivity index (χ3v) is 5.50. The van der Waals surface area contributed by atoms with Crippen LogP contribution < -0.4 is 5.32 Å². The molecule has 4 rings (SSSR count). The Balaban J connectivity index is 1.49. The van der Waals surface area contributed by atoms with E-state index >= 15 is 0 Å². The van der Waals surface area contributed by atoms with Crippen molar-refractivity contribution in [1.29, 1.82) is 0 Å². The predicted molar refractivity (Wildman–Crippen MR) is 106 cm³/mol. The summed E-state index contributed by atoms with van der Waals surface area (Å²) in [6.45, 7) is 4.26. The number of nitrogens with zero attached hydrogens (tertiary/aromatic N) is 4. The first-order valence-corrected chi connectivity index (χ1v) is 9.76. The molecule has 3 heterocycles. The highest BCUT2D eigenvalue weighted by atomic mass is 16.6. The van der Waals surface area contributed by atoms with Crippen molar-refractivity contribution in [3.05, 3.63) is 25.3 Å². The van der Waals surface area contributed by atoms with E-state index in [1.54, 1.807) is 10.6 Å². The number of anilines is 1. The third-order valence-electron chi connectivity index (χ3n) is 5.50. The van der Waals surface area contributed by atoms with Gasteiger partial charge in [-0.1, -0.05) is 12.0 Å². The van der Waals surface area contributed by atoms with Crippen LogP contribution in [0.1, 0.15) is 31.9 Å². The van der Waals surface area contributed by atoms with Gasteiger partial charge in [0.05, 0.1) is 19.0 Å². The molecule has 29 heavy (non-hydrogen) atoms. The second-order valence-corrected chi connectivity index (χ2v) is 7.38. The third kappa shape index (κ3) is 3.84. The molecule has 2 aromatic heterocycles. The lowest BCUT2D eigenvalue weighted by atomic mass is 9.93. The fraction of sp³-hybridized carbons (Fsp3) is 0.550. The fourth-order valence-electron chi connectivity index (χ4n) is 3.94. The largest absolute Gasteiger partial charge is 0.386 e. The smallest absolute Gasteiger partial charge is 0.167 e. The maximum Gasteiger partial charge on any atom is 0.167 e. The van der Waals surface area contributed by atoms with Gasteiger partial charge in [-0.25, -0.2) is 15.0 Å². The van der Waals surface area contributed by atoms with Gasteiger partial charge in [0.15, 0.2) is 23.2 Å². The van der Waals surface area contributed by atoms with Crippen molar-refractivity contribution < 1.29 is 19.7 Å². The molecule has 2 aromatic rings. The van der Waals surface area contributed by atoms with Gasteiger partial charge in [-0.3, -0.25) is 4.57 Å². The Bertz CT molecular complexity index is 902. The molecule has 1 saturated carbocycles. The van der Waals surface area contributed by atoms with E-state index in [1.807, 2.05) is 0 Å². The molecule has 9 nitrogen and oxygen atoms in total. The van der Waals surface area contributed by atoms with Crippen LogP contribution in [0.3, 0.4) is 0 Å². The molecule has 4 atom stereocenters. The van der Waals surface area contributed by atoms with E-state index in [-0.39, 0.29) is 12.1 Å². The fourth-order valence-corrected chi connectivity index (χ4v) is 3.94. The highest BCUT2D eigenvalue weighted by molar-refractivity contribution is 5.82. The summed E-state index contributed by atoms with van der Waals surface area (Å²) in [5.74, 6) is 2.97. The predicted octanol–water partition coefficient (Wildman–Crippen LogP) is 1.00. The van der Waals surface area contributed by atoms with E-state index < -0.39 is 24.5 Å². The van der Waals surface area contributed by atoms with Crippen molar-refractivity contribution in [2.75, 3.05) is 11.9 Å². The minimum atomic E-state index is -1.18. The van der Waals surface area contributed by atoms with Crippen molar-refractivity contribution in [2.24, 2.45) is 0 Å². The Labute approximate surface area is 168 Å². The van der Waals surface area contributed by atoms with Crippen LogP contribution in [-0.4, -0.2) is 66.8 Å². The molecular weight excluding hydrogens is 374 g/mol. The Hall–Kier alpha value is -2.51. The number of fused-ring (bicyclic) bond motifs is 1. The van der Waals surface area contributed by atoms with Crippen molar-refractivity contribution in [2.45, 2.75) is 62.4 Å². The minimum Gasteiger partial charge on any atom is -0.386 e. The van der Waals surface area contributed by atoms with Gasteiger partial charge in [-0.05, 0) is 25.7 Å². The van der Waals surface area contributed by atoms with E-state index in [9.17, 15) is 10.2 Å². The van der Waals surface area contributed by atoms with Crippen LogP contribution in [0.25, 0.3) is 11.2 Å². The molecule has 0 radical (unpaired) electrons. The molecule has 0 spiro atoms. The zero-order valence-electron chi connectivity index (χ0n) is 16.0. The number of aliphatic hydroxyl groups excluding tert-OH is 2. The maximum absolute atomic E-state index is 10.3. The van der Waals surface area contributed by atoms with E-state index in [1.165, 1.54) is 12.7 Å². The molecule has 0 unspecified atom stereocenters. The van der Waals surface area contributed by atoms with E-state index in [2.05, 4.69) is 32.8 Å². The van der Waals surface area contributed by atoms with Crippen LogP contribution in [0, 0.1) is 12.3 Å². The number of rotatable bonds is 6. The van der Waals surface area contributed by atoms with Gasteiger partial charge in [0.25, 0.3) is 0 Å². The van der Waals surface area contributed by atoms with Gasteiger partial charge in [0.1, 0.15) is 24.6 Å². The Kier molecular flexibility index (Phi) is 5.78. The Morgan fingerprint density at radius 3 is 2.76 bits per heavy atom. The van der Waals surface area contributed by atoms with Crippen LogP contribution >= 0.6 is 0 Å². The molecule has 2 aliphatic rings. The van der Waals surface area contributed by atoms with Gasteiger partial charge in [0.2, 0.25) is 0 Å². The molecule has 1 aliphatic carbocycles. The first-order chi connectivity index (χ1) is 14.1. The van der Waals surface area contributed by atoms with Crippen molar-refractivity contribution >= 4 is 17.0 Å². The van der Waals surface area contributed by atoms with Gasteiger partial charge >= 0.3 is 0 Å². The van der Waals surface area contributed by atoms with Crippen LogP contribution in [-0.2, 0) is 9.47 Å². The summed E-state index contributed by atoms with van der Waals surface area (Å²) in [6, 6.07) is 0.266. The minimum absolute atomic E-state index is 0.266. The summed E-state index contributed by atoms with van der Waals surface area (Å²) in [7, 11) is 0. The summed E-state index contributed by atoms with van der Waals surface area (Å²) in [5, 5.41) is 23.8. The average molecular weight is 399 g/mol. The highest BCUT2D eigenvalue weighted by Gasteiger charge is 2.43. The highest BCUT2D eigenvalue weighted by Crippen LogP contribution is 2.32. The molecule has 0 bridgehead atoms. The quantitative estimate of drug-likeness (QED) is 0.487. The number of terminal acetylenes is 1. The number of nitrogens with one attached hydrogen (secondary N) is 1. The van der Waals surface area contributed by atoms with E-state index in [4.69, 9.17) is 15.9 Å². The zero-order chi connectivity index (χ0) is 20.4. The number of ether oxygens (including phenoxy) is 2. The molecule has 2 fully saturated rings. The monoisotopic (exact) mass is 399 g/mol. The summed E-state index contributed by atoms with van der Waals surface area (Å²) in [6.07, 6.45) is 10.2. The number of hydrogen-bond acceptors (Lipinski definition) is 8. The average Bonchev–Trinajstić information content (AvgIpc) is 3.29. The second-order valence-electron chi connectivity index (χ2n) is 7.38. The maximum atomic E-state index is 10.3. The van der Waals surface area contributed by atoms with E-state index in [0.29, 0.717) is 23.6 Å². The molecule has 1 aliphatic heterocycles. The van der Waals surface area contributed by atoms with Crippen LogP contribution in [0.2, 0.25) is 0 Å². The molecule has 9 heteroatoms. The Morgan fingerprint density at radius 1 is 1.28 bits per heavy atom. The summed E-state index contributed by atoms with van der Waals surface area (Å²) < 4.78 is 12.9. The van der Waals surface area contributed by atoms with Crippen molar-refractivity contribution in [3.63, 3.8) is 0 Å². The molecule has 1 saturated heterocycles. The van der Waals surface area contributed by atoms with Gasteiger partial charge in [0, 0.05) is 6.04 Å². The summed E-state index contributed by atoms with van der Waals surface area (Å²) in [5.41, 5.74) is 1.08. The number of imidazole rings is 1. The standard InChI is InChI=1S/C20H25N5O4/c1-3-9-28-13-7-5-12(6-8-13)24-18-15-19(22-10-21-18)25(11-23-15)20-17(27)16(26)14(4-2)29-20/h2-3,10-14,16-17,20,26-27H,1,5-9H2,(H,21,22,24)/t12?,13?,14-,16-,17-,20-/m1/s1. The number of aliphatic hydroxyl groups is 2. The topological polar surface area (TPSA) is 115 Å². The molecule has 0 aromatic carbocycles. The lowest BCUT2D eigenvalue weighted by Crippen LogP contribution is -2.31. The Morgan fingerprint density at radius 2 is 2.07 bits per heavy atom. The number of aromatic nitrogens is 4. The van der Waals surface area contributed by atoms with Crippen molar-refractivity contribution in [3.8, 4) is 12.3 Å². The normalized spacial score (nSPS) is 32.2. The summed E-state index contributed by atoms with van der Waals surface area (Å²) >= 11 is 0. The molecule has 3 N–H and O–H groups in total. The molecule has 154 valence electrons. The van der Waals surface area contributed by atoms with Gasteiger partial charge in [-0.15, -0.1) is 13.0 Å². The first kappa shape index (κ1) is 19.8. The molecule has 0 amide bonds. The summed E-state index contributed by atoms with van der Waals surface area (Å²) in [4.78, 5) is 13.0. The van der Waals surface area contributed by atoms with Gasteiger partial charge < -0.3 is 25.0 Å². The van der Waals surface area contributed by atoms with Crippen LogP contribution in [0.4, 0.5) is 5.82 Å². The molecular formula is C20H25N5O4. The number of hydrogen-bond donors (Lipinski definition) is 3. The lowest BCUT2D eigenvalue weighted by molar-refractivity contribution is -0.0230. The van der Waals surface area contributed by atoms with Crippen LogP contribution in [0.5, 0.6) is 0 Å². The first-order valence-electron chi connectivity index (χ1n) is 9.76. The lowest BCUT2D eigenvalue weighted by Gasteiger charge is -2.29. The van der Waals surface area contributed by atoms with Crippen LogP contribution in [0.15, 0.2) is 25.3 Å². The zero-order valence-corrected chi connectivity index (χ0v) is 16.0.